The molecule has 0 spiro atoms. The van der Waals surface area contributed by atoms with Gasteiger partial charge in [0.25, 0.3) is 0 Å². The van der Waals surface area contributed by atoms with Crippen molar-refractivity contribution in [3.05, 3.63) is 0 Å². The first kappa shape index (κ1) is 46.4. The van der Waals surface area contributed by atoms with Gasteiger partial charge in [-0.15, -0.1) is 0 Å². The van der Waals surface area contributed by atoms with Crippen molar-refractivity contribution < 1.29 is 83.2 Å². The van der Waals surface area contributed by atoms with Crippen LogP contribution in [0.15, 0.2) is 0 Å². The second-order valence-electron chi connectivity index (χ2n) is 8.43. The maximum absolute atomic E-state index is 10.0. The van der Waals surface area contributed by atoms with Gasteiger partial charge in [0, 0.05) is 21.1 Å². The molecular formula is C20H45N4O8Pt2+3. The monoisotopic (exact) mass is 859 g/mol. The number of aliphatic carboxylic acids is 4. The molecule has 12 N–H and O–H groups in total. The quantitative estimate of drug-likeness (QED) is 0.164. The molecule has 0 rings (SSSR count). The molecule has 4 unspecified atom stereocenters. The fourth-order valence-electron chi connectivity index (χ4n) is 1.14. The van der Waals surface area contributed by atoms with E-state index >= 15 is 0 Å². The van der Waals surface area contributed by atoms with E-state index in [0.717, 1.165) is 0 Å². The topological polar surface area (TPSA) is 253 Å². The van der Waals surface area contributed by atoms with Crippen LogP contribution in [0.2, 0.25) is 0 Å². The van der Waals surface area contributed by atoms with Crippen LogP contribution in [0, 0.1) is 23.7 Å². The summed E-state index contributed by atoms with van der Waals surface area (Å²) in [4.78, 5) is 40.1. The normalized spacial score (nSPS) is 13.2. The van der Waals surface area contributed by atoms with Crippen molar-refractivity contribution in [1.29, 1.82) is 0 Å². The number of carboxylic acids is 4. The predicted octanol–water partition coefficient (Wildman–Crippen LogP) is 0.325. The molecule has 4 atom stereocenters. The molecule has 210 valence electrons. The van der Waals surface area contributed by atoms with Crippen LogP contribution in [-0.2, 0) is 61.3 Å². The van der Waals surface area contributed by atoms with Crippen molar-refractivity contribution in [3.63, 3.8) is 0 Å². The van der Waals surface area contributed by atoms with E-state index < -0.39 is 48.0 Å². The van der Waals surface area contributed by atoms with Crippen LogP contribution in [0.3, 0.4) is 0 Å². The van der Waals surface area contributed by atoms with Crippen molar-refractivity contribution in [2.24, 2.45) is 46.6 Å². The van der Waals surface area contributed by atoms with E-state index in [9.17, 15) is 19.2 Å². The summed E-state index contributed by atoms with van der Waals surface area (Å²) in [7, 11) is 0. The van der Waals surface area contributed by atoms with E-state index in [2.05, 4.69) is 0 Å². The molecule has 0 amide bonds. The van der Waals surface area contributed by atoms with Gasteiger partial charge >= 0.3 is 46.4 Å². The summed E-state index contributed by atoms with van der Waals surface area (Å²) in [6.45, 7) is 14.2. The van der Waals surface area contributed by atoms with E-state index in [-0.39, 0.29) is 67.2 Å². The van der Waals surface area contributed by atoms with E-state index in [0.29, 0.717) is 0 Å². The van der Waals surface area contributed by atoms with Gasteiger partial charge in [0.2, 0.25) is 0 Å². The molecule has 0 saturated heterocycles. The largest absolute Gasteiger partial charge is 2.00 e. The van der Waals surface area contributed by atoms with E-state index in [4.69, 9.17) is 43.4 Å². The molecule has 34 heavy (non-hydrogen) atoms. The Morgan fingerprint density at radius 3 is 0.559 bits per heavy atom. The molecule has 0 saturated carbocycles. The van der Waals surface area contributed by atoms with Gasteiger partial charge in [-0.1, -0.05) is 55.4 Å². The van der Waals surface area contributed by atoms with Crippen LogP contribution >= 0.6 is 0 Å². The van der Waals surface area contributed by atoms with Crippen molar-refractivity contribution in [2.45, 2.75) is 79.6 Å². The molecule has 12 nitrogen and oxygen atoms in total. The zero-order chi connectivity index (χ0) is 26.9. The number of carbonyl (C=O) groups is 4. The average molecular weight is 860 g/mol. The van der Waals surface area contributed by atoms with Crippen molar-refractivity contribution >= 4 is 23.9 Å². The minimum absolute atomic E-state index is 0. The molecule has 0 bridgehead atoms. The van der Waals surface area contributed by atoms with Crippen molar-refractivity contribution in [3.8, 4) is 0 Å². The minimum atomic E-state index is -0.931. The van der Waals surface area contributed by atoms with Gasteiger partial charge in [-0.3, -0.25) is 19.2 Å². The zero-order valence-electron chi connectivity index (χ0n) is 22.0. The Labute approximate surface area is 232 Å². The van der Waals surface area contributed by atoms with Crippen LogP contribution in [0.4, 0.5) is 0 Å². The molecule has 0 fully saturated rings. The number of carboxylic acid groups (broad SMARTS) is 4. The Morgan fingerprint density at radius 1 is 0.471 bits per heavy atom. The van der Waals surface area contributed by atoms with Gasteiger partial charge in [0.1, 0.15) is 24.2 Å². The summed E-state index contributed by atoms with van der Waals surface area (Å²) < 4.78 is 0. The van der Waals surface area contributed by atoms with Crippen LogP contribution < -0.4 is 22.9 Å². The number of nitrogens with two attached hydrogens (primary N) is 4. The van der Waals surface area contributed by atoms with E-state index in [1.54, 1.807) is 55.4 Å². The summed E-state index contributed by atoms with van der Waals surface area (Å²) in [6, 6.07) is -2.85. The van der Waals surface area contributed by atoms with Crippen LogP contribution in [0.5, 0.6) is 0 Å². The second-order valence-corrected chi connectivity index (χ2v) is 8.43. The second kappa shape index (κ2) is 25.2. The molecule has 14 heteroatoms. The Hall–Kier alpha value is -0.903. The Bertz CT molecular complexity index is 475. The standard InChI is InChI=1S/4C5H11NO2.2Pt/c4*1-3(2)4(6)5(7)8;;/h4*3-4H,6H2,1-2H3,(H,7,8);;/q;;;;;+2/p+1. The Balaban J connectivity index is -0.0000000581. The summed E-state index contributed by atoms with van der Waals surface area (Å²) in [5, 5.41) is 32.9. The first-order chi connectivity index (χ1) is 14.2. The maximum atomic E-state index is 10.0. The number of hydrogen-bond donors (Lipinski definition) is 8. The van der Waals surface area contributed by atoms with Gasteiger partial charge in [-0.25, -0.2) is 0 Å². The van der Waals surface area contributed by atoms with Gasteiger partial charge in [0.15, 0.2) is 0 Å². The average Bonchev–Trinajstić information content (AvgIpc) is 2.65. The van der Waals surface area contributed by atoms with Gasteiger partial charge in [0.05, 0.1) is 0 Å². The van der Waals surface area contributed by atoms with Crippen molar-refractivity contribution in [2.75, 3.05) is 0 Å². The molecule has 0 aromatic rings. The minimum Gasteiger partial charge on any atom is -0.480 e. The smallest absolute Gasteiger partial charge is 0.480 e. The third kappa shape index (κ3) is 29.1. The molecule has 0 heterocycles. The fourth-order valence-corrected chi connectivity index (χ4v) is 1.14. The van der Waals surface area contributed by atoms with Gasteiger partial charge < -0.3 is 43.4 Å². The molecule has 0 aliphatic carbocycles. The molecule has 0 radical (unpaired) electrons. The summed E-state index contributed by atoms with van der Waals surface area (Å²) >= 11 is 0. The zero-order valence-corrected chi connectivity index (χ0v) is 25.5. The number of hydrogen-bond acceptors (Lipinski definition) is 8. The summed E-state index contributed by atoms with van der Waals surface area (Å²) in [6.07, 6.45) is 0. The fraction of sp³-hybridized carbons (Fsp3) is 0.800. The summed E-state index contributed by atoms with van der Waals surface area (Å²) in [5.74, 6) is -3.64. The van der Waals surface area contributed by atoms with Crippen LogP contribution in [0.1, 0.15) is 56.8 Å². The first-order valence-electron chi connectivity index (χ1n) is 10.2. The summed E-state index contributed by atoms with van der Waals surface area (Å²) in [5.41, 5.74) is 20.6. The Kier molecular flexibility index (Phi) is 34.4. The first-order valence-corrected chi connectivity index (χ1v) is 10.2. The molecular weight excluding hydrogens is 814 g/mol. The van der Waals surface area contributed by atoms with Gasteiger partial charge in [-0.05, 0) is 23.7 Å². The van der Waals surface area contributed by atoms with E-state index in [1.165, 1.54) is 0 Å². The molecule has 0 aliphatic heterocycles. The van der Waals surface area contributed by atoms with Crippen molar-refractivity contribution in [1.82, 2.24) is 0 Å². The molecule has 0 aliphatic rings. The van der Waals surface area contributed by atoms with E-state index in [1.807, 2.05) is 0 Å². The predicted molar refractivity (Wildman–Crippen MR) is 123 cm³/mol. The molecule has 0 aromatic heterocycles. The van der Waals surface area contributed by atoms with Crippen LogP contribution in [0.25, 0.3) is 0 Å². The third-order valence-electron chi connectivity index (χ3n) is 4.01. The van der Waals surface area contributed by atoms with Crippen LogP contribution in [-0.4, -0.2) is 68.5 Å². The maximum Gasteiger partial charge on any atom is 2.00 e. The Morgan fingerprint density at radius 2 is 0.559 bits per heavy atom. The molecule has 0 aromatic carbocycles. The third-order valence-corrected chi connectivity index (χ3v) is 4.01. The van der Waals surface area contributed by atoms with Gasteiger partial charge in [-0.2, -0.15) is 0 Å². The SMILES string of the molecule is CC(C)C(N)C(=O)O.CC(C)C(N)C(=O)O.CC(C)C(N)C(=O)O.CC(C)C(N)C(=O)O.[H+].[Pt+2].[Pt]. The number of rotatable bonds is 8.